The summed E-state index contributed by atoms with van der Waals surface area (Å²) in [6.07, 6.45) is 0.279. The van der Waals surface area contributed by atoms with Crippen molar-refractivity contribution in [2.24, 2.45) is 10.8 Å². The predicted molar refractivity (Wildman–Crippen MR) is 123 cm³/mol. The quantitative estimate of drug-likeness (QED) is 0.519. The number of hydrogen-bond donors (Lipinski definition) is 0. The highest BCUT2D eigenvalue weighted by atomic mass is 16.5. The molecule has 0 saturated carbocycles. The van der Waals surface area contributed by atoms with E-state index in [4.69, 9.17) is 18.9 Å². The molecule has 2 heterocycles. The molecule has 4 heteroatoms. The van der Waals surface area contributed by atoms with Crippen molar-refractivity contribution in [2.45, 2.75) is 66.8 Å². The van der Waals surface area contributed by atoms with E-state index in [0.29, 0.717) is 6.61 Å². The van der Waals surface area contributed by atoms with Crippen LogP contribution < -0.4 is 9.47 Å². The monoisotopic (exact) mass is 424 g/mol. The molecule has 4 rings (SSSR count). The minimum Gasteiger partial charge on any atom is -0.489 e. The van der Waals surface area contributed by atoms with Crippen LogP contribution in [0, 0.1) is 24.7 Å². The minimum atomic E-state index is -0.0612. The zero-order chi connectivity index (χ0) is 22.4. The van der Waals surface area contributed by atoms with Gasteiger partial charge in [0.05, 0.1) is 25.4 Å². The van der Waals surface area contributed by atoms with Crippen LogP contribution in [0.2, 0.25) is 0 Å². The molecule has 0 bridgehead atoms. The zero-order valence-corrected chi connectivity index (χ0v) is 20.0. The first-order valence-corrected chi connectivity index (χ1v) is 11.3. The molecular weight excluding hydrogens is 388 g/mol. The third kappa shape index (κ3) is 4.47. The first-order chi connectivity index (χ1) is 14.6. The Morgan fingerprint density at radius 3 is 1.71 bits per heavy atom. The van der Waals surface area contributed by atoms with Crippen LogP contribution in [0.1, 0.15) is 69.1 Å². The molecule has 31 heavy (non-hydrogen) atoms. The van der Waals surface area contributed by atoms with E-state index >= 15 is 0 Å². The second-order valence-corrected chi connectivity index (χ2v) is 10.6. The molecule has 2 aromatic rings. The molecule has 0 aliphatic carbocycles. The molecule has 0 aromatic heterocycles. The molecule has 0 radical (unpaired) electrons. The number of hydrogen-bond acceptors (Lipinski definition) is 4. The molecule has 2 saturated heterocycles. The first kappa shape index (κ1) is 22.2. The second kappa shape index (κ2) is 8.14. The second-order valence-electron chi connectivity index (χ2n) is 10.6. The highest BCUT2D eigenvalue weighted by Gasteiger charge is 2.42. The largest absolute Gasteiger partial charge is 0.489 e. The van der Waals surface area contributed by atoms with Crippen LogP contribution in [0.25, 0.3) is 0 Å². The lowest BCUT2D eigenvalue weighted by molar-refractivity contribution is -0.172. The number of rotatable bonds is 7. The fourth-order valence-electron chi connectivity index (χ4n) is 4.52. The fraction of sp³-hybridized carbons (Fsp3) is 0.556. The Morgan fingerprint density at radius 1 is 0.839 bits per heavy atom. The lowest BCUT2D eigenvalue weighted by Crippen LogP contribution is -2.40. The Labute approximate surface area is 186 Å². The fourth-order valence-corrected chi connectivity index (χ4v) is 4.52. The Hall–Kier alpha value is -2.04. The van der Waals surface area contributed by atoms with E-state index in [2.05, 4.69) is 77.9 Å². The lowest BCUT2D eigenvalue weighted by atomic mass is 9.78. The highest BCUT2D eigenvalue weighted by molar-refractivity contribution is 5.39. The van der Waals surface area contributed by atoms with Gasteiger partial charge in [0.15, 0.2) is 0 Å². The molecule has 2 aromatic carbocycles. The van der Waals surface area contributed by atoms with E-state index in [1.54, 1.807) is 0 Å². The Kier molecular flexibility index (Phi) is 5.82. The molecular formula is C27H36O4. The van der Waals surface area contributed by atoms with Gasteiger partial charge in [-0.25, -0.2) is 0 Å². The van der Waals surface area contributed by atoms with Crippen LogP contribution in [0.3, 0.4) is 0 Å². The van der Waals surface area contributed by atoms with E-state index in [-0.39, 0.29) is 29.1 Å². The summed E-state index contributed by atoms with van der Waals surface area (Å²) >= 11 is 0. The maximum atomic E-state index is 6.18. The van der Waals surface area contributed by atoms with Crippen molar-refractivity contribution in [3.8, 4) is 11.5 Å². The number of aryl methyl sites for hydroxylation is 2. The molecule has 2 fully saturated rings. The summed E-state index contributed by atoms with van der Waals surface area (Å²) < 4.78 is 23.8. The molecule has 4 nitrogen and oxygen atoms in total. The van der Waals surface area contributed by atoms with Crippen molar-refractivity contribution in [3.05, 3.63) is 58.7 Å². The lowest BCUT2D eigenvalue weighted by Gasteiger charge is -2.44. The van der Waals surface area contributed by atoms with Gasteiger partial charge in [-0.05, 0) is 67.3 Å². The summed E-state index contributed by atoms with van der Waals surface area (Å²) in [5, 5.41) is 0. The summed E-state index contributed by atoms with van der Waals surface area (Å²) in [6.45, 7) is 17.3. The van der Waals surface area contributed by atoms with E-state index in [0.717, 1.165) is 35.8 Å². The SMILES string of the molecule is Cc1cc(C2OCC2(C)C)ccc1OCC(C)Oc1ccc(C2OCC2(C)C)cc1C. The van der Waals surface area contributed by atoms with Crippen LogP contribution in [0.4, 0.5) is 0 Å². The van der Waals surface area contributed by atoms with Crippen LogP contribution in [0.5, 0.6) is 11.5 Å². The smallest absolute Gasteiger partial charge is 0.130 e. The van der Waals surface area contributed by atoms with E-state index in [9.17, 15) is 0 Å². The van der Waals surface area contributed by atoms with Gasteiger partial charge in [0.1, 0.15) is 24.2 Å². The predicted octanol–water partition coefficient (Wildman–Crippen LogP) is 6.34. The Bertz CT molecular complexity index is 946. The van der Waals surface area contributed by atoms with Crippen LogP contribution in [-0.2, 0) is 9.47 Å². The van der Waals surface area contributed by atoms with Gasteiger partial charge in [-0.2, -0.15) is 0 Å². The average Bonchev–Trinajstić information content (AvgIpc) is 2.68. The molecule has 0 spiro atoms. The van der Waals surface area contributed by atoms with E-state index < -0.39 is 0 Å². The van der Waals surface area contributed by atoms with Crippen LogP contribution in [-0.4, -0.2) is 25.9 Å². The molecule has 3 atom stereocenters. The van der Waals surface area contributed by atoms with Crippen molar-refractivity contribution >= 4 is 0 Å². The molecule has 0 amide bonds. The van der Waals surface area contributed by atoms with Crippen molar-refractivity contribution in [3.63, 3.8) is 0 Å². The van der Waals surface area contributed by atoms with Gasteiger partial charge in [0.2, 0.25) is 0 Å². The van der Waals surface area contributed by atoms with Gasteiger partial charge >= 0.3 is 0 Å². The molecule has 2 aliphatic rings. The number of benzene rings is 2. The maximum absolute atomic E-state index is 6.18. The highest BCUT2D eigenvalue weighted by Crippen LogP contribution is 2.47. The van der Waals surface area contributed by atoms with Gasteiger partial charge < -0.3 is 18.9 Å². The van der Waals surface area contributed by atoms with E-state index in [1.807, 2.05) is 6.92 Å². The standard InChI is InChI=1S/C27H36O4/c1-17-12-20(24-26(4,5)15-29-24)8-10-22(17)28-14-19(3)31-23-11-9-21(13-18(23)2)25-27(6,7)16-30-25/h8-13,19,24-25H,14-16H2,1-7H3. The maximum Gasteiger partial charge on any atom is 0.130 e. The number of ether oxygens (including phenoxy) is 4. The topological polar surface area (TPSA) is 36.9 Å². The third-order valence-corrected chi connectivity index (χ3v) is 6.47. The van der Waals surface area contributed by atoms with Gasteiger partial charge in [-0.3, -0.25) is 0 Å². The minimum absolute atomic E-state index is 0.0612. The molecule has 168 valence electrons. The van der Waals surface area contributed by atoms with Crippen molar-refractivity contribution < 1.29 is 18.9 Å². The van der Waals surface area contributed by atoms with Crippen molar-refractivity contribution in [2.75, 3.05) is 19.8 Å². The summed E-state index contributed by atoms with van der Waals surface area (Å²) in [7, 11) is 0. The summed E-state index contributed by atoms with van der Waals surface area (Å²) in [6, 6.07) is 12.7. The Morgan fingerprint density at radius 2 is 1.32 bits per heavy atom. The van der Waals surface area contributed by atoms with Crippen LogP contribution in [0.15, 0.2) is 36.4 Å². The summed E-state index contributed by atoms with van der Waals surface area (Å²) in [4.78, 5) is 0. The average molecular weight is 425 g/mol. The van der Waals surface area contributed by atoms with E-state index in [1.165, 1.54) is 11.1 Å². The normalized spacial score (nSPS) is 24.6. The van der Waals surface area contributed by atoms with Crippen molar-refractivity contribution in [1.82, 2.24) is 0 Å². The van der Waals surface area contributed by atoms with Gasteiger partial charge in [-0.1, -0.05) is 39.8 Å². The van der Waals surface area contributed by atoms with Crippen molar-refractivity contribution in [1.29, 1.82) is 0 Å². The molecule has 2 aliphatic heterocycles. The molecule has 0 N–H and O–H groups in total. The summed E-state index contributed by atoms with van der Waals surface area (Å²) in [5.74, 6) is 1.79. The van der Waals surface area contributed by atoms with Crippen LogP contribution >= 0.6 is 0 Å². The van der Waals surface area contributed by atoms with Gasteiger partial charge in [0, 0.05) is 10.8 Å². The summed E-state index contributed by atoms with van der Waals surface area (Å²) in [5.41, 5.74) is 5.09. The van der Waals surface area contributed by atoms with Gasteiger partial charge in [0.25, 0.3) is 0 Å². The van der Waals surface area contributed by atoms with Gasteiger partial charge in [-0.15, -0.1) is 0 Å². The first-order valence-electron chi connectivity index (χ1n) is 11.3. The zero-order valence-electron chi connectivity index (χ0n) is 20.0. The third-order valence-electron chi connectivity index (χ3n) is 6.47. The molecule has 3 unspecified atom stereocenters. The Balaban J connectivity index is 1.34.